The molecular weight excluding hydrogens is 499 g/mol. The number of aliphatic hydroxyl groups excluding tert-OH is 1. The van der Waals surface area contributed by atoms with Crippen LogP contribution in [0, 0.1) is 5.82 Å². The Bertz CT molecular complexity index is 1500. The molecule has 0 saturated carbocycles. The monoisotopic (exact) mass is 526 g/mol. The highest BCUT2D eigenvalue weighted by Crippen LogP contribution is 2.31. The second-order valence-corrected chi connectivity index (χ2v) is 11.4. The Labute approximate surface area is 213 Å². The quantitative estimate of drug-likeness (QED) is 0.305. The Balaban J connectivity index is 1.72. The van der Waals surface area contributed by atoms with Crippen LogP contribution >= 0.6 is 0 Å². The minimum absolute atomic E-state index is 0.0954. The molecule has 0 amide bonds. The number of aliphatic hydroxyl groups is 1. The molecule has 0 aliphatic rings. The number of anilines is 3. The van der Waals surface area contributed by atoms with Crippen LogP contribution in [0.15, 0.2) is 64.1 Å². The van der Waals surface area contributed by atoms with Crippen LogP contribution in [0.3, 0.4) is 0 Å². The van der Waals surface area contributed by atoms with Crippen molar-refractivity contribution >= 4 is 27.3 Å². The highest BCUT2D eigenvalue weighted by Gasteiger charge is 2.24. The minimum atomic E-state index is -3.71. The first-order chi connectivity index (χ1) is 17.5. The summed E-state index contributed by atoms with van der Waals surface area (Å²) in [5.74, 6) is 0.175. The molecule has 194 valence electrons. The zero-order valence-corrected chi connectivity index (χ0v) is 21.5. The number of hydrogen-bond acceptors (Lipinski definition) is 10. The van der Waals surface area contributed by atoms with Gasteiger partial charge in [0.25, 0.3) is 5.89 Å². The molecule has 0 fully saturated rings. The first-order valence-corrected chi connectivity index (χ1v) is 13.3. The van der Waals surface area contributed by atoms with E-state index in [0.717, 1.165) is 17.9 Å². The molecule has 37 heavy (non-hydrogen) atoms. The summed E-state index contributed by atoms with van der Waals surface area (Å²) in [6, 6.07) is 12.4. The lowest BCUT2D eigenvalue weighted by molar-refractivity contribution is 0.276. The van der Waals surface area contributed by atoms with Gasteiger partial charge in [0.05, 0.1) is 12.6 Å². The van der Waals surface area contributed by atoms with E-state index in [2.05, 4.69) is 30.7 Å². The van der Waals surface area contributed by atoms with Crippen LogP contribution in [0.5, 0.6) is 0 Å². The molecule has 3 N–H and O–H groups in total. The van der Waals surface area contributed by atoms with E-state index < -0.39 is 26.6 Å². The number of nitrogens with zero attached hydrogens (tertiary/aromatic N) is 4. The molecule has 0 spiro atoms. The van der Waals surface area contributed by atoms with E-state index in [4.69, 9.17) is 4.52 Å². The molecule has 0 aliphatic carbocycles. The molecule has 4 rings (SSSR count). The van der Waals surface area contributed by atoms with Crippen LogP contribution in [0.25, 0.3) is 11.5 Å². The summed E-state index contributed by atoms with van der Waals surface area (Å²) < 4.78 is 43.3. The third kappa shape index (κ3) is 6.09. The number of aromatic nitrogens is 4. The van der Waals surface area contributed by atoms with Crippen molar-refractivity contribution in [1.29, 1.82) is 0 Å². The van der Waals surface area contributed by atoms with Gasteiger partial charge in [-0.15, -0.1) is 0 Å². The molecule has 0 unspecified atom stereocenters. The van der Waals surface area contributed by atoms with Gasteiger partial charge < -0.3 is 20.3 Å². The maximum atomic E-state index is 14.4. The van der Waals surface area contributed by atoms with Crippen LogP contribution in [0.2, 0.25) is 0 Å². The summed E-state index contributed by atoms with van der Waals surface area (Å²) in [5, 5.41) is 20.2. The van der Waals surface area contributed by atoms with Crippen molar-refractivity contribution in [3.63, 3.8) is 0 Å². The van der Waals surface area contributed by atoms with Gasteiger partial charge in [0.2, 0.25) is 5.95 Å². The Kier molecular flexibility index (Phi) is 7.23. The van der Waals surface area contributed by atoms with E-state index in [0.29, 0.717) is 11.4 Å². The molecule has 2 heterocycles. The average Bonchev–Trinajstić information content (AvgIpc) is 3.33. The fourth-order valence-corrected chi connectivity index (χ4v) is 4.17. The summed E-state index contributed by atoms with van der Waals surface area (Å²) in [7, 11) is -3.71. The molecular formula is C25H27FN6O4S. The van der Waals surface area contributed by atoms with Crippen LogP contribution in [0.4, 0.5) is 21.8 Å². The van der Waals surface area contributed by atoms with Crippen LogP contribution in [0.1, 0.15) is 38.2 Å². The number of sulfone groups is 1. The second-order valence-electron chi connectivity index (χ2n) is 9.46. The van der Waals surface area contributed by atoms with E-state index >= 15 is 0 Å². The maximum Gasteiger partial charge on any atom is 0.263 e. The largest absolute Gasteiger partial charge is 0.394 e. The predicted molar refractivity (Wildman–Crippen MR) is 137 cm³/mol. The Hall–Kier alpha value is -3.90. The highest BCUT2D eigenvalue weighted by molar-refractivity contribution is 7.90. The summed E-state index contributed by atoms with van der Waals surface area (Å²) in [6.45, 7) is 5.63. The van der Waals surface area contributed by atoms with Crippen LogP contribution in [-0.2, 0) is 15.3 Å². The third-order valence-corrected chi connectivity index (χ3v) is 6.53. The van der Waals surface area contributed by atoms with Gasteiger partial charge in [0.1, 0.15) is 22.1 Å². The van der Waals surface area contributed by atoms with Crippen molar-refractivity contribution < 1.29 is 22.4 Å². The van der Waals surface area contributed by atoms with Gasteiger partial charge in [-0.1, -0.05) is 56.3 Å². The topological polar surface area (TPSA) is 143 Å². The van der Waals surface area contributed by atoms with E-state index in [9.17, 15) is 17.9 Å². The molecule has 4 aromatic rings. The van der Waals surface area contributed by atoms with Gasteiger partial charge in [0.15, 0.2) is 15.7 Å². The third-order valence-electron chi connectivity index (χ3n) is 5.40. The number of rotatable bonds is 8. The Morgan fingerprint density at radius 3 is 2.43 bits per heavy atom. The second kappa shape index (κ2) is 10.2. The van der Waals surface area contributed by atoms with Crippen LogP contribution < -0.4 is 10.6 Å². The summed E-state index contributed by atoms with van der Waals surface area (Å²) in [4.78, 5) is 12.9. The first kappa shape index (κ1) is 26.2. The molecule has 0 aliphatic heterocycles. The van der Waals surface area contributed by atoms with Gasteiger partial charge in [-0.2, -0.15) is 9.97 Å². The fourth-order valence-electron chi connectivity index (χ4n) is 3.44. The van der Waals surface area contributed by atoms with E-state index in [-0.39, 0.29) is 35.4 Å². The van der Waals surface area contributed by atoms with Gasteiger partial charge in [-0.25, -0.2) is 17.8 Å². The van der Waals surface area contributed by atoms with E-state index in [1.165, 1.54) is 18.3 Å². The smallest absolute Gasteiger partial charge is 0.263 e. The summed E-state index contributed by atoms with van der Waals surface area (Å²) >= 11 is 0. The van der Waals surface area contributed by atoms with Gasteiger partial charge in [-0.3, -0.25) is 0 Å². The van der Waals surface area contributed by atoms with Crippen molar-refractivity contribution in [2.75, 3.05) is 23.5 Å². The molecule has 10 nitrogen and oxygen atoms in total. The fraction of sp³-hybridized carbons (Fsp3) is 0.280. The normalized spacial score (nSPS) is 12.8. The SMILES string of the molecule is CC(C)(C)c1noc(-c2cnc(Nc3ccc(S(C)(=O)=O)c(F)c3)nc2N[C@H](CO)c2ccccc2)n1. The molecule has 2 aromatic carbocycles. The lowest BCUT2D eigenvalue weighted by Gasteiger charge is -2.19. The van der Waals surface area contributed by atoms with Crippen LogP contribution in [-0.4, -0.2) is 46.5 Å². The highest BCUT2D eigenvalue weighted by atomic mass is 32.2. The molecule has 12 heteroatoms. The summed E-state index contributed by atoms with van der Waals surface area (Å²) in [5.41, 5.74) is 1.13. The van der Waals surface area contributed by atoms with Crippen molar-refractivity contribution in [1.82, 2.24) is 20.1 Å². The zero-order valence-electron chi connectivity index (χ0n) is 20.7. The standard InChI is InChI=1S/C25H27FN6O4S/c1-25(2,3)23-31-22(36-32-23)17-13-27-24(28-16-10-11-20(18(26)12-16)37(4,34)35)30-21(17)29-19(14-33)15-8-6-5-7-9-15/h5-13,19,33H,14H2,1-4H3,(H2,27,28,29,30)/t19-/m1/s1. The number of halogens is 1. The van der Waals surface area contributed by atoms with Crippen molar-refractivity contribution in [3.8, 4) is 11.5 Å². The molecule has 0 saturated heterocycles. The number of nitrogens with one attached hydrogen (secondary N) is 2. The zero-order chi connectivity index (χ0) is 26.8. The van der Waals surface area contributed by atoms with Crippen molar-refractivity contribution in [2.24, 2.45) is 0 Å². The first-order valence-electron chi connectivity index (χ1n) is 11.4. The molecule has 0 radical (unpaired) electrons. The summed E-state index contributed by atoms with van der Waals surface area (Å²) in [6.07, 6.45) is 2.41. The van der Waals surface area contributed by atoms with Crippen molar-refractivity contribution in [2.45, 2.75) is 37.1 Å². The lowest BCUT2D eigenvalue weighted by Crippen LogP contribution is -2.17. The van der Waals surface area contributed by atoms with Gasteiger partial charge in [0, 0.05) is 23.6 Å². The Morgan fingerprint density at radius 2 is 1.84 bits per heavy atom. The molecule has 1 atom stereocenters. The van der Waals surface area contributed by atoms with Crippen molar-refractivity contribution in [3.05, 3.63) is 71.9 Å². The lowest BCUT2D eigenvalue weighted by atomic mass is 9.96. The molecule has 0 bridgehead atoms. The number of hydrogen-bond donors (Lipinski definition) is 3. The molecule has 2 aromatic heterocycles. The Morgan fingerprint density at radius 1 is 1.11 bits per heavy atom. The van der Waals surface area contributed by atoms with E-state index in [1.807, 2.05) is 51.1 Å². The maximum absolute atomic E-state index is 14.4. The predicted octanol–water partition coefficient (Wildman–Crippen LogP) is 4.26. The minimum Gasteiger partial charge on any atom is -0.394 e. The average molecular weight is 527 g/mol. The van der Waals surface area contributed by atoms with Gasteiger partial charge >= 0.3 is 0 Å². The number of benzene rings is 2. The van der Waals surface area contributed by atoms with Gasteiger partial charge in [-0.05, 0) is 23.8 Å². The van der Waals surface area contributed by atoms with E-state index in [1.54, 1.807) is 0 Å².